The van der Waals surface area contributed by atoms with E-state index in [-0.39, 0.29) is 19.3 Å². The number of imidazole rings is 1. The molecule has 0 aliphatic rings. The average Bonchev–Trinajstić information content (AvgIpc) is 2.94. The van der Waals surface area contributed by atoms with E-state index in [4.69, 9.17) is 10.2 Å². The second-order valence-electron chi connectivity index (χ2n) is 4.85. The molecule has 10 heteroatoms. The number of amides is 2. The topological polar surface area (TPSA) is 161 Å². The summed E-state index contributed by atoms with van der Waals surface area (Å²) < 4.78 is 0. The first-order chi connectivity index (χ1) is 10.8. The Hall–Kier alpha value is -2.91. The van der Waals surface area contributed by atoms with E-state index >= 15 is 0 Å². The fraction of sp³-hybridized carbons (Fsp3) is 0.462. The Morgan fingerprint density at radius 2 is 1.83 bits per heavy atom. The summed E-state index contributed by atoms with van der Waals surface area (Å²) in [5.74, 6) is -3.64. The summed E-state index contributed by atoms with van der Waals surface area (Å²) in [4.78, 5) is 51.3. The number of aromatic amines is 1. The molecule has 0 aromatic carbocycles. The third-order valence-electron chi connectivity index (χ3n) is 2.94. The second-order valence-corrected chi connectivity index (χ2v) is 4.85. The van der Waals surface area contributed by atoms with Crippen molar-refractivity contribution in [3.8, 4) is 0 Å². The highest BCUT2D eigenvalue weighted by Crippen LogP contribution is 2.02. The number of hydrogen-bond acceptors (Lipinski definition) is 5. The van der Waals surface area contributed by atoms with Gasteiger partial charge in [0.2, 0.25) is 11.8 Å². The lowest BCUT2D eigenvalue weighted by molar-refractivity contribution is -0.143. The number of nitrogens with one attached hydrogen (secondary N) is 3. The molecule has 1 aromatic rings. The highest BCUT2D eigenvalue weighted by Gasteiger charge is 2.23. The van der Waals surface area contributed by atoms with Crippen LogP contribution >= 0.6 is 0 Å². The Morgan fingerprint density at radius 1 is 1.17 bits per heavy atom. The molecule has 1 rings (SSSR count). The van der Waals surface area contributed by atoms with Gasteiger partial charge in [-0.3, -0.25) is 9.59 Å². The van der Waals surface area contributed by atoms with Gasteiger partial charge in [0, 0.05) is 26.0 Å². The maximum Gasteiger partial charge on any atom is 0.326 e. The van der Waals surface area contributed by atoms with Gasteiger partial charge < -0.3 is 25.8 Å². The van der Waals surface area contributed by atoms with E-state index in [1.807, 2.05) is 0 Å². The van der Waals surface area contributed by atoms with E-state index in [1.54, 1.807) is 0 Å². The van der Waals surface area contributed by atoms with Gasteiger partial charge in [0.15, 0.2) is 0 Å². The SMILES string of the molecule is CC(=O)NC(CCC(=O)NC(Cc1c[nH]cn1)C(=O)O)C(=O)O. The van der Waals surface area contributed by atoms with E-state index in [1.165, 1.54) is 19.4 Å². The molecule has 5 N–H and O–H groups in total. The first-order valence-corrected chi connectivity index (χ1v) is 6.79. The van der Waals surface area contributed by atoms with Crippen LogP contribution in [0.5, 0.6) is 0 Å². The minimum Gasteiger partial charge on any atom is -0.480 e. The molecule has 0 saturated carbocycles. The van der Waals surface area contributed by atoms with Gasteiger partial charge in [0.05, 0.1) is 12.0 Å². The quantitative estimate of drug-likeness (QED) is 0.384. The Morgan fingerprint density at radius 3 is 2.30 bits per heavy atom. The normalized spacial score (nSPS) is 12.9. The van der Waals surface area contributed by atoms with E-state index in [0.29, 0.717) is 5.69 Å². The predicted molar refractivity (Wildman–Crippen MR) is 76.3 cm³/mol. The lowest BCUT2D eigenvalue weighted by Gasteiger charge is -2.15. The fourth-order valence-corrected chi connectivity index (χ4v) is 1.86. The van der Waals surface area contributed by atoms with E-state index in [0.717, 1.165) is 0 Å². The third kappa shape index (κ3) is 6.59. The largest absolute Gasteiger partial charge is 0.480 e. The molecule has 23 heavy (non-hydrogen) atoms. The minimum absolute atomic E-state index is 0.00136. The number of rotatable bonds is 9. The molecule has 2 unspecified atom stereocenters. The molecule has 0 bridgehead atoms. The van der Waals surface area contributed by atoms with Gasteiger partial charge in [-0.25, -0.2) is 14.6 Å². The average molecular weight is 326 g/mol. The van der Waals surface area contributed by atoms with E-state index in [9.17, 15) is 19.2 Å². The van der Waals surface area contributed by atoms with Crippen molar-refractivity contribution in [3.63, 3.8) is 0 Å². The zero-order valence-electron chi connectivity index (χ0n) is 12.4. The van der Waals surface area contributed by atoms with Crippen molar-refractivity contribution in [1.82, 2.24) is 20.6 Å². The van der Waals surface area contributed by atoms with Crippen LogP contribution in [0, 0.1) is 0 Å². The number of aliphatic carboxylic acids is 2. The summed E-state index contributed by atoms with van der Waals surface area (Å²) in [5, 5.41) is 22.5. The van der Waals surface area contributed by atoms with Crippen molar-refractivity contribution in [2.24, 2.45) is 0 Å². The van der Waals surface area contributed by atoms with Gasteiger partial charge in [-0.05, 0) is 6.42 Å². The predicted octanol–water partition coefficient (Wildman–Crippen LogP) is -1.11. The van der Waals surface area contributed by atoms with Crippen molar-refractivity contribution >= 4 is 23.8 Å². The van der Waals surface area contributed by atoms with E-state index in [2.05, 4.69) is 20.6 Å². The molecule has 0 aliphatic carbocycles. The van der Waals surface area contributed by atoms with Crippen LogP contribution in [0.15, 0.2) is 12.5 Å². The maximum absolute atomic E-state index is 11.8. The second kappa shape index (κ2) is 8.51. The summed E-state index contributed by atoms with van der Waals surface area (Å²) in [7, 11) is 0. The molecule has 0 aliphatic heterocycles. The standard InChI is InChI=1S/C13H18N4O6/c1-7(18)16-9(12(20)21)2-3-11(19)17-10(13(22)23)4-8-5-14-6-15-8/h5-6,9-10H,2-4H2,1H3,(H,14,15)(H,16,18)(H,17,19)(H,20,21)(H,22,23). The fourth-order valence-electron chi connectivity index (χ4n) is 1.86. The van der Waals surface area contributed by atoms with Crippen molar-refractivity contribution < 1.29 is 29.4 Å². The number of nitrogens with zero attached hydrogens (tertiary/aromatic N) is 1. The lowest BCUT2D eigenvalue weighted by atomic mass is 10.1. The molecule has 2 amide bonds. The van der Waals surface area contributed by atoms with Crippen LogP contribution in [-0.4, -0.2) is 56.0 Å². The van der Waals surface area contributed by atoms with Gasteiger partial charge in [0.25, 0.3) is 0 Å². The lowest BCUT2D eigenvalue weighted by Crippen LogP contribution is -2.44. The summed E-state index contributed by atoms with van der Waals surface area (Å²) in [6, 6.07) is -2.37. The van der Waals surface area contributed by atoms with Crippen LogP contribution < -0.4 is 10.6 Å². The summed E-state index contributed by atoms with van der Waals surface area (Å²) >= 11 is 0. The molecule has 0 saturated heterocycles. The zero-order chi connectivity index (χ0) is 17.4. The highest BCUT2D eigenvalue weighted by molar-refractivity contribution is 5.85. The first-order valence-electron chi connectivity index (χ1n) is 6.79. The molecule has 0 radical (unpaired) electrons. The molecule has 10 nitrogen and oxygen atoms in total. The Labute approximate surface area is 131 Å². The van der Waals surface area contributed by atoms with Crippen LogP contribution in [0.25, 0.3) is 0 Å². The van der Waals surface area contributed by atoms with Crippen LogP contribution in [-0.2, 0) is 25.6 Å². The molecular weight excluding hydrogens is 308 g/mol. The van der Waals surface area contributed by atoms with Gasteiger partial charge in [-0.1, -0.05) is 0 Å². The molecule has 126 valence electrons. The molecule has 2 atom stereocenters. The van der Waals surface area contributed by atoms with Gasteiger partial charge >= 0.3 is 11.9 Å². The number of carboxylic acid groups (broad SMARTS) is 2. The smallest absolute Gasteiger partial charge is 0.326 e. The van der Waals surface area contributed by atoms with Crippen LogP contribution in [0.1, 0.15) is 25.5 Å². The number of hydrogen-bond donors (Lipinski definition) is 5. The number of carbonyl (C=O) groups is 4. The highest BCUT2D eigenvalue weighted by atomic mass is 16.4. The van der Waals surface area contributed by atoms with Gasteiger partial charge in [-0.2, -0.15) is 0 Å². The molecular formula is C13H18N4O6. The Kier molecular flexibility index (Phi) is 6.71. The Bertz CT molecular complexity index is 571. The number of carbonyl (C=O) groups excluding carboxylic acids is 2. The first kappa shape index (κ1) is 18.1. The maximum atomic E-state index is 11.8. The zero-order valence-corrected chi connectivity index (χ0v) is 12.4. The Balaban J connectivity index is 2.53. The van der Waals surface area contributed by atoms with Crippen LogP contribution in [0.2, 0.25) is 0 Å². The summed E-state index contributed by atoms with van der Waals surface area (Å²) in [6.45, 7) is 1.17. The third-order valence-corrected chi connectivity index (χ3v) is 2.94. The van der Waals surface area contributed by atoms with Gasteiger partial charge in [-0.15, -0.1) is 0 Å². The van der Waals surface area contributed by atoms with E-state index < -0.39 is 35.8 Å². The molecule has 1 heterocycles. The number of H-pyrrole nitrogens is 1. The van der Waals surface area contributed by atoms with Gasteiger partial charge in [0.1, 0.15) is 12.1 Å². The molecule has 0 fully saturated rings. The monoisotopic (exact) mass is 326 g/mol. The minimum atomic E-state index is -1.26. The van der Waals surface area contributed by atoms with Crippen LogP contribution in [0.4, 0.5) is 0 Å². The number of aromatic nitrogens is 2. The van der Waals surface area contributed by atoms with Crippen molar-refractivity contribution in [2.75, 3.05) is 0 Å². The molecule has 1 aromatic heterocycles. The number of carboxylic acids is 2. The van der Waals surface area contributed by atoms with Crippen molar-refractivity contribution in [2.45, 2.75) is 38.3 Å². The van der Waals surface area contributed by atoms with Crippen molar-refractivity contribution in [3.05, 3.63) is 18.2 Å². The summed E-state index contributed by atoms with van der Waals surface area (Å²) in [5.41, 5.74) is 0.472. The van der Waals surface area contributed by atoms with Crippen LogP contribution in [0.3, 0.4) is 0 Å². The van der Waals surface area contributed by atoms with Crippen molar-refractivity contribution in [1.29, 1.82) is 0 Å². The molecule has 0 spiro atoms. The summed E-state index contributed by atoms with van der Waals surface area (Å²) in [6.07, 6.45) is 2.52.